The molecule has 1 aliphatic rings. The molecule has 0 spiro atoms. The molecule has 0 radical (unpaired) electrons. The lowest BCUT2D eigenvalue weighted by Gasteiger charge is -2.09. The van der Waals surface area contributed by atoms with Crippen LogP contribution >= 0.6 is 0 Å². The van der Waals surface area contributed by atoms with Crippen molar-refractivity contribution in [3.8, 4) is 0 Å². The molecular weight excluding hydrogens is 198 g/mol. The van der Waals surface area contributed by atoms with E-state index in [1.165, 1.54) is 4.90 Å². The fourth-order valence-corrected chi connectivity index (χ4v) is 1.44. The number of primary amides is 1. The molecular formula is C8H11N5O2. The van der Waals surface area contributed by atoms with Crippen molar-refractivity contribution in [1.82, 2.24) is 14.9 Å². The van der Waals surface area contributed by atoms with Crippen LogP contribution in [0.25, 0.3) is 0 Å². The van der Waals surface area contributed by atoms with Gasteiger partial charge in [-0.15, -0.1) is 0 Å². The summed E-state index contributed by atoms with van der Waals surface area (Å²) in [5, 5.41) is 2.47. The second-order valence-corrected chi connectivity index (χ2v) is 3.41. The number of hydrogen-bond donors (Lipinski definition) is 2. The number of carbonyl (C=O) groups is 2. The van der Waals surface area contributed by atoms with Crippen LogP contribution in [-0.4, -0.2) is 34.1 Å². The number of carbonyl (C=O) groups excluding carboxylic acids is 2. The zero-order valence-electron chi connectivity index (χ0n) is 8.17. The zero-order valence-corrected chi connectivity index (χ0v) is 8.17. The minimum atomic E-state index is -0.639. The monoisotopic (exact) mass is 209 g/mol. The Balaban J connectivity index is 2.18. The zero-order chi connectivity index (χ0) is 11.0. The third-order valence-electron chi connectivity index (χ3n) is 2.22. The van der Waals surface area contributed by atoms with Gasteiger partial charge in [-0.1, -0.05) is 0 Å². The quantitative estimate of drug-likeness (QED) is 0.641. The molecule has 3 N–H and O–H groups in total. The Hall–Kier alpha value is -2.05. The Bertz CT molecular complexity index is 413. The lowest BCUT2D eigenvalue weighted by Crippen LogP contribution is -2.39. The topological polar surface area (TPSA) is 93.2 Å². The summed E-state index contributed by atoms with van der Waals surface area (Å²) in [5.41, 5.74) is 5.10. The molecule has 2 heterocycles. The Morgan fingerprint density at radius 3 is 2.93 bits per heavy atom. The van der Waals surface area contributed by atoms with Crippen molar-refractivity contribution in [2.45, 2.75) is 6.04 Å². The third kappa shape index (κ3) is 1.63. The largest absolute Gasteiger partial charge is 0.368 e. The van der Waals surface area contributed by atoms with Gasteiger partial charge in [-0.05, 0) is 0 Å². The van der Waals surface area contributed by atoms with E-state index in [4.69, 9.17) is 5.73 Å². The first kappa shape index (κ1) is 9.50. The molecule has 1 fully saturated rings. The molecule has 1 aromatic heterocycles. The SMILES string of the molecule is Cn1cnc(N2CC(C(N)=O)NC2=O)c1. The van der Waals surface area contributed by atoms with Gasteiger partial charge in [-0.3, -0.25) is 9.69 Å². The van der Waals surface area contributed by atoms with Gasteiger partial charge in [0.05, 0.1) is 12.9 Å². The first-order chi connectivity index (χ1) is 7.08. The average Bonchev–Trinajstić information content (AvgIpc) is 2.71. The second-order valence-electron chi connectivity index (χ2n) is 3.41. The molecule has 1 aromatic rings. The highest BCUT2D eigenvalue weighted by Crippen LogP contribution is 2.14. The molecule has 0 saturated carbocycles. The number of imidazole rings is 1. The average molecular weight is 209 g/mol. The highest BCUT2D eigenvalue weighted by Gasteiger charge is 2.33. The first-order valence-electron chi connectivity index (χ1n) is 4.43. The van der Waals surface area contributed by atoms with Gasteiger partial charge in [-0.25, -0.2) is 9.78 Å². The smallest absolute Gasteiger partial charge is 0.323 e. The summed E-state index contributed by atoms with van der Waals surface area (Å²) in [6.07, 6.45) is 3.28. The minimum absolute atomic E-state index is 0.227. The van der Waals surface area contributed by atoms with Gasteiger partial charge in [0.2, 0.25) is 5.91 Å². The summed E-state index contributed by atoms with van der Waals surface area (Å²) in [6, 6.07) is -0.989. The fraction of sp³-hybridized carbons (Fsp3) is 0.375. The van der Waals surface area contributed by atoms with E-state index >= 15 is 0 Å². The van der Waals surface area contributed by atoms with Crippen LogP contribution in [0, 0.1) is 0 Å². The summed E-state index contributed by atoms with van der Waals surface area (Å²) in [7, 11) is 1.80. The Kier molecular flexibility index (Phi) is 2.07. The van der Waals surface area contributed by atoms with Crippen LogP contribution in [0.5, 0.6) is 0 Å². The minimum Gasteiger partial charge on any atom is -0.368 e. The number of aryl methyl sites for hydroxylation is 1. The number of amides is 3. The van der Waals surface area contributed by atoms with Crippen LogP contribution < -0.4 is 16.0 Å². The normalized spacial score (nSPS) is 20.5. The molecule has 3 amide bonds. The fourth-order valence-electron chi connectivity index (χ4n) is 1.44. The van der Waals surface area contributed by atoms with Gasteiger partial charge in [0, 0.05) is 13.2 Å². The molecule has 1 saturated heterocycles. The van der Waals surface area contributed by atoms with Crippen LogP contribution in [0.3, 0.4) is 0 Å². The third-order valence-corrected chi connectivity index (χ3v) is 2.22. The van der Waals surface area contributed by atoms with Crippen molar-refractivity contribution in [3.05, 3.63) is 12.5 Å². The summed E-state index contributed by atoms with van der Waals surface area (Å²) in [5.74, 6) is -0.0273. The van der Waals surface area contributed by atoms with E-state index in [1.807, 2.05) is 0 Å². The molecule has 0 bridgehead atoms. The maximum atomic E-state index is 11.5. The van der Waals surface area contributed by atoms with Crippen molar-refractivity contribution < 1.29 is 9.59 Å². The van der Waals surface area contributed by atoms with Gasteiger partial charge in [0.1, 0.15) is 6.04 Å². The molecule has 80 valence electrons. The Labute approximate surface area is 85.9 Å². The lowest BCUT2D eigenvalue weighted by atomic mass is 10.3. The van der Waals surface area contributed by atoms with Crippen molar-refractivity contribution in [2.75, 3.05) is 11.4 Å². The van der Waals surface area contributed by atoms with E-state index in [0.717, 1.165) is 0 Å². The number of hydrogen-bond acceptors (Lipinski definition) is 3. The predicted octanol–water partition coefficient (Wildman–Crippen LogP) is -1.20. The molecule has 2 rings (SSSR count). The number of urea groups is 1. The van der Waals surface area contributed by atoms with Crippen LogP contribution in [0.4, 0.5) is 10.6 Å². The van der Waals surface area contributed by atoms with Crippen LogP contribution in [0.2, 0.25) is 0 Å². The van der Waals surface area contributed by atoms with E-state index in [2.05, 4.69) is 10.3 Å². The van der Waals surface area contributed by atoms with Gasteiger partial charge in [0.15, 0.2) is 5.82 Å². The highest BCUT2D eigenvalue weighted by molar-refractivity contribution is 5.99. The second kappa shape index (κ2) is 3.26. The van der Waals surface area contributed by atoms with Crippen molar-refractivity contribution in [3.63, 3.8) is 0 Å². The summed E-state index contributed by atoms with van der Waals surface area (Å²) < 4.78 is 1.72. The number of nitrogens with zero attached hydrogens (tertiary/aromatic N) is 3. The molecule has 1 atom stereocenters. The molecule has 7 nitrogen and oxygen atoms in total. The summed E-state index contributed by atoms with van der Waals surface area (Å²) >= 11 is 0. The van der Waals surface area contributed by atoms with Crippen molar-refractivity contribution >= 4 is 17.8 Å². The van der Waals surface area contributed by atoms with E-state index in [9.17, 15) is 9.59 Å². The first-order valence-corrected chi connectivity index (χ1v) is 4.43. The molecule has 1 aliphatic heterocycles. The standard InChI is InChI=1S/C8H11N5O2/c1-12-3-6(10-4-12)13-2-5(7(9)14)11-8(13)15/h3-5H,2H2,1H3,(H2,9,14)(H,11,15). The van der Waals surface area contributed by atoms with Gasteiger partial charge >= 0.3 is 6.03 Å². The number of nitrogens with two attached hydrogens (primary N) is 1. The number of anilines is 1. The van der Waals surface area contributed by atoms with Crippen molar-refractivity contribution in [2.24, 2.45) is 12.8 Å². The lowest BCUT2D eigenvalue weighted by molar-refractivity contribution is -0.119. The summed E-state index contributed by atoms with van der Waals surface area (Å²) in [4.78, 5) is 27.7. The number of rotatable bonds is 2. The van der Waals surface area contributed by atoms with Crippen molar-refractivity contribution in [1.29, 1.82) is 0 Å². The van der Waals surface area contributed by atoms with Gasteiger partial charge in [-0.2, -0.15) is 0 Å². The molecule has 15 heavy (non-hydrogen) atoms. The molecule has 0 aliphatic carbocycles. The predicted molar refractivity (Wildman–Crippen MR) is 52.1 cm³/mol. The van der Waals surface area contributed by atoms with Crippen LogP contribution in [0.15, 0.2) is 12.5 Å². The number of aromatic nitrogens is 2. The molecule has 7 heteroatoms. The van der Waals surface area contributed by atoms with E-state index in [0.29, 0.717) is 5.82 Å². The maximum Gasteiger partial charge on any atom is 0.323 e. The van der Waals surface area contributed by atoms with Crippen LogP contribution in [0.1, 0.15) is 0 Å². The Morgan fingerprint density at radius 2 is 2.47 bits per heavy atom. The van der Waals surface area contributed by atoms with Crippen LogP contribution in [-0.2, 0) is 11.8 Å². The number of nitrogens with one attached hydrogen (secondary N) is 1. The molecule has 1 unspecified atom stereocenters. The van der Waals surface area contributed by atoms with E-state index in [-0.39, 0.29) is 12.6 Å². The van der Waals surface area contributed by atoms with E-state index < -0.39 is 11.9 Å². The maximum absolute atomic E-state index is 11.5. The van der Waals surface area contributed by atoms with Gasteiger partial charge < -0.3 is 15.6 Å². The molecule has 0 aromatic carbocycles. The highest BCUT2D eigenvalue weighted by atomic mass is 16.2. The van der Waals surface area contributed by atoms with Gasteiger partial charge in [0.25, 0.3) is 0 Å². The van der Waals surface area contributed by atoms with E-state index in [1.54, 1.807) is 24.1 Å². The summed E-state index contributed by atoms with van der Waals surface area (Å²) in [6.45, 7) is 0.227. The Morgan fingerprint density at radius 1 is 1.73 bits per heavy atom.